The lowest BCUT2D eigenvalue weighted by Gasteiger charge is -2.08. The van der Waals surface area contributed by atoms with Crippen molar-refractivity contribution in [3.8, 4) is 0 Å². The summed E-state index contributed by atoms with van der Waals surface area (Å²) < 4.78 is 5.17. The SMILES string of the molecule is Cn1c2ccccc2c2sc3c4ccccc4c4ccccc4c3c21. The molecule has 0 aliphatic carbocycles. The van der Waals surface area contributed by atoms with Gasteiger partial charge in [-0.15, -0.1) is 11.3 Å². The maximum absolute atomic E-state index is 2.37. The van der Waals surface area contributed by atoms with E-state index in [2.05, 4.69) is 84.4 Å². The standard InChI is InChI=1S/C23H15NS/c1-24-19-13-7-6-12-18(19)23-21(24)20-16-10-4-2-8-14(16)15-9-3-5-11-17(15)22(20)25-23/h2-13H,1H3. The number of aromatic nitrogens is 1. The van der Waals surface area contributed by atoms with Gasteiger partial charge in [-0.3, -0.25) is 0 Å². The Kier molecular flexibility index (Phi) is 2.48. The summed E-state index contributed by atoms with van der Waals surface area (Å²) >= 11 is 1.94. The van der Waals surface area contributed by atoms with Crippen LogP contribution in [0.15, 0.2) is 72.8 Å². The van der Waals surface area contributed by atoms with Crippen LogP contribution in [0.3, 0.4) is 0 Å². The van der Waals surface area contributed by atoms with E-state index in [0.29, 0.717) is 0 Å². The van der Waals surface area contributed by atoms with Crippen LogP contribution >= 0.6 is 11.3 Å². The minimum Gasteiger partial charge on any atom is -0.342 e. The van der Waals surface area contributed by atoms with Crippen LogP contribution in [0, 0.1) is 0 Å². The molecule has 0 N–H and O–H groups in total. The van der Waals surface area contributed by atoms with Crippen LogP contribution in [-0.4, -0.2) is 4.57 Å². The molecule has 0 aliphatic heterocycles. The molecule has 2 heteroatoms. The largest absolute Gasteiger partial charge is 0.342 e. The van der Waals surface area contributed by atoms with E-state index < -0.39 is 0 Å². The van der Waals surface area contributed by atoms with E-state index in [-0.39, 0.29) is 0 Å². The van der Waals surface area contributed by atoms with Crippen LogP contribution in [0.5, 0.6) is 0 Å². The number of thiophene rings is 1. The molecule has 0 saturated carbocycles. The molecule has 0 atom stereocenters. The zero-order chi connectivity index (χ0) is 16.5. The Morgan fingerprint density at radius 1 is 0.600 bits per heavy atom. The predicted molar refractivity (Wildman–Crippen MR) is 111 cm³/mol. The van der Waals surface area contributed by atoms with Crippen molar-refractivity contribution in [3.63, 3.8) is 0 Å². The molecule has 118 valence electrons. The van der Waals surface area contributed by atoms with E-state index in [1.807, 2.05) is 11.3 Å². The van der Waals surface area contributed by atoms with Gasteiger partial charge < -0.3 is 4.57 Å². The smallest absolute Gasteiger partial charge is 0.0684 e. The highest BCUT2D eigenvalue weighted by atomic mass is 32.1. The third kappa shape index (κ3) is 1.58. The summed E-state index contributed by atoms with van der Waals surface area (Å²) in [6, 6.07) is 26.4. The zero-order valence-electron chi connectivity index (χ0n) is 13.8. The van der Waals surface area contributed by atoms with Gasteiger partial charge in [0.1, 0.15) is 0 Å². The first-order chi connectivity index (χ1) is 12.3. The number of aryl methyl sites for hydroxylation is 1. The molecule has 1 nitrogen and oxygen atoms in total. The third-order valence-electron chi connectivity index (χ3n) is 5.39. The molecule has 0 unspecified atom stereocenters. The Balaban J connectivity index is 2.05. The lowest BCUT2D eigenvalue weighted by molar-refractivity contribution is 1.02. The number of fused-ring (bicyclic) bond motifs is 10. The number of benzene rings is 4. The molecule has 0 aliphatic rings. The molecule has 0 radical (unpaired) electrons. The maximum atomic E-state index is 2.37. The van der Waals surface area contributed by atoms with E-state index in [9.17, 15) is 0 Å². The number of rotatable bonds is 0. The van der Waals surface area contributed by atoms with E-state index in [1.54, 1.807) is 0 Å². The van der Waals surface area contributed by atoms with Crippen molar-refractivity contribution >= 4 is 64.1 Å². The molecular weight excluding hydrogens is 322 g/mol. The van der Waals surface area contributed by atoms with Crippen molar-refractivity contribution in [1.29, 1.82) is 0 Å². The van der Waals surface area contributed by atoms with Crippen LogP contribution < -0.4 is 0 Å². The number of hydrogen-bond acceptors (Lipinski definition) is 1. The summed E-state index contributed by atoms with van der Waals surface area (Å²) in [6.45, 7) is 0. The van der Waals surface area contributed by atoms with Gasteiger partial charge in [0.15, 0.2) is 0 Å². The first kappa shape index (κ1) is 13.5. The Hall–Kier alpha value is -2.84. The first-order valence-corrected chi connectivity index (χ1v) is 9.35. The molecule has 6 rings (SSSR count). The lowest BCUT2D eigenvalue weighted by atomic mass is 9.98. The molecule has 0 amide bonds. The van der Waals surface area contributed by atoms with E-state index in [1.165, 1.54) is 52.8 Å². The third-order valence-corrected chi connectivity index (χ3v) is 6.63. The molecule has 0 fully saturated rings. The van der Waals surface area contributed by atoms with Gasteiger partial charge in [-0.25, -0.2) is 0 Å². The van der Waals surface area contributed by atoms with Gasteiger partial charge in [0, 0.05) is 33.4 Å². The second kappa shape index (κ2) is 4.62. The zero-order valence-corrected chi connectivity index (χ0v) is 14.6. The van der Waals surface area contributed by atoms with Crippen LogP contribution in [0.4, 0.5) is 0 Å². The Bertz CT molecular complexity index is 1450. The second-order valence-electron chi connectivity index (χ2n) is 6.65. The summed E-state index contributed by atoms with van der Waals surface area (Å²) in [4.78, 5) is 0. The quantitative estimate of drug-likeness (QED) is 0.267. The monoisotopic (exact) mass is 337 g/mol. The van der Waals surface area contributed by atoms with Crippen LogP contribution in [0.2, 0.25) is 0 Å². The summed E-state index contributed by atoms with van der Waals surface area (Å²) in [5.41, 5.74) is 2.67. The average molecular weight is 337 g/mol. The lowest BCUT2D eigenvalue weighted by Crippen LogP contribution is -1.87. The van der Waals surface area contributed by atoms with Gasteiger partial charge in [-0.1, -0.05) is 66.7 Å². The molecule has 0 saturated heterocycles. The van der Waals surface area contributed by atoms with Crippen molar-refractivity contribution in [2.45, 2.75) is 0 Å². The van der Waals surface area contributed by atoms with E-state index in [4.69, 9.17) is 0 Å². The first-order valence-electron chi connectivity index (χ1n) is 8.53. The van der Waals surface area contributed by atoms with Crippen molar-refractivity contribution in [3.05, 3.63) is 72.8 Å². The summed E-state index contributed by atoms with van der Waals surface area (Å²) in [5.74, 6) is 0. The topological polar surface area (TPSA) is 4.93 Å². The highest BCUT2D eigenvalue weighted by molar-refractivity contribution is 7.27. The predicted octanol–water partition coefficient (Wildman–Crippen LogP) is 6.85. The Morgan fingerprint density at radius 3 is 1.92 bits per heavy atom. The summed E-state index contributed by atoms with van der Waals surface area (Å²) in [5, 5.41) is 8.16. The van der Waals surface area contributed by atoms with Crippen molar-refractivity contribution < 1.29 is 0 Å². The normalized spacial score (nSPS) is 12.2. The van der Waals surface area contributed by atoms with Crippen molar-refractivity contribution in [2.24, 2.45) is 7.05 Å². The van der Waals surface area contributed by atoms with Gasteiger partial charge in [-0.2, -0.15) is 0 Å². The highest BCUT2D eigenvalue weighted by Gasteiger charge is 2.18. The minimum atomic E-state index is 1.31. The van der Waals surface area contributed by atoms with Crippen molar-refractivity contribution in [2.75, 3.05) is 0 Å². The fourth-order valence-corrected chi connectivity index (χ4v) is 5.71. The average Bonchev–Trinajstić information content (AvgIpc) is 3.19. The van der Waals surface area contributed by atoms with Crippen molar-refractivity contribution in [1.82, 2.24) is 4.57 Å². The summed E-state index contributed by atoms with van der Waals surface area (Å²) in [6.07, 6.45) is 0. The molecule has 2 aromatic heterocycles. The molecule has 6 aromatic rings. The molecule has 4 aromatic carbocycles. The fraction of sp³-hybridized carbons (Fsp3) is 0.0435. The molecule has 0 spiro atoms. The number of para-hydroxylation sites is 1. The van der Waals surface area contributed by atoms with Gasteiger partial charge in [0.2, 0.25) is 0 Å². The van der Waals surface area contributed by atoms with Crippen LogP contribution in [0.25, 0.3) is 52.8 Å². The second-order valence-corrected chi connectivity index (χ2v) is 7.67. The summed E-state index contributed by atoms with van der Waals surface area (Å²) in [7, 11) is 2.20. The van der Waals surface area contributed by atoms with Gasteiger partial charge in [-0.05, 0) is 22.2 Å². The van der Waals surface area contributed by atoms with Crippen LogP contribution in [0.1, 0.15) is 0 Å². The molecular formula is C23H15NS. The number of nitrogens with zero attached hydrogens (tertiary/aromatic N) is 1. The van der Waals surface area contributed by atoms with Crippen LogP contribution in [-0.2, 0) is 7.05 Å². The molecule has 25 heavy (non-hydrogen) atoms. The Labute approximate surface area is 148 Å². The van der Waals surface area contributed by atoms with E-state index in [0.717, 1.165) is 0 Å². The van der Waals surface area contributed by atoms with Gasteiger partial charge in [0.05, 0.1) is 10.2 Å². The maximum Gasteiger partial charge on any atom is 0.0684 e. The minimum absolute atomic E-state index is 1.31. The van der Waals surface area contributed by atoms with Gasteiger partial charge >= 0.3 is 0 Å². The number of hydrogen-bond donors (Lipinski definition) is 0. The van der Waals surface area contributed by atoms with E-state index >= 15 is 0 Å². The molecule has 0 bridgehead atoms. The molecule has 2 heterocycles. The Morgan fingerprint density at radius 2 is 1.16 bits per heavy atom. The fourth-order valence-electron chi connectivity index (χ4n) is 4.30. The highest BCUT2D eigenvalue weighted by Crippen LogP contribution is 2.46. The van der Waals surface area contributed by atoms with Gasteiger partial charge in [0.25, 0.3) is 0 Å².